The second-order valence-corrected chi connectivity index (χ2v) is 11.4. The van der Waals surface area contributed by atoms with Gasteiger partial charge in [0.25, 0.3) is 0 Å². The van der Waals surface area contributed by atoms with E-state index in [0.29, 0.717) is 25.4 Å². The molecule has 3 aliphatic rings. The fourth-order valence-electron chi connectivity index (χ4n) is 6.23. The molecule has 0 aromatic carbocycles. The lowest BCUT2D eigenvalue weighted by Crippen LogP contribution is -2.35. The van der Waals surface area contributed by atoms with Crippen LogP contribution in [0.2, 0.25) is 0 Å². The number of Topliss-reactive ketones (excluding diaryl/α,β-unsaturated/α-hetero) is 1. The van der Waals surface area contributed by atoms with Crippen molar-refractivity contribution in [1.29, 1.82) is 0 Å². The van der Waals surface area contributed by atoms with Crippen molar-refractivity contribution < 1.29 is 33.6 Å². The van der Waals surface area contributed by atoms with E-state index in [2.05, 4.69) is 19.1 Å². The summed E-state index contributed by atoms with van der Waals surface area (Å²) in [5.41, 5.74) is 0. The molecular weight excluding hydrogens is 484 g/mol. The smallest absolute Gasteiger partial charge is 0.303 e. The van der Waals surface area contributed by atoms with Crippen LogP contribution in [0.15, 0.2) is 12.2 Å². The first kappa shape index (κ1) is 31.3. The van der Waals surface area contributed by atoms with Crippen LogP contribution < -0.4 is 0 Å². The summed E-state index contributed by atoms with van der Waals surface area (Å²) >= 11 is 0. The summed E-state index contributed by atoms with van der Waals surface area (Å²) in [4.78, 5) is 23.8. The van der Waals surface area contributed by atoms with Crippen LogP contribution in [-0.2, 0) is 28.5 Å². The number of aliphatic carboxylic acids is 1. The summed E-state index contributed by atoms with van der Waals surface area (Å²) in [5.74, 6) is -0.856. The number of allylic oxidation sites excluding steroid dienone is 2. The summed E-state index contributed by atoms with van der Waals surface area (Å²) in [6.07, 6.45) is 20.7. The van der Waals surface area contributed by atoms with Gasteiger partial charge in [-0.05, 0) is 63.7 Å². The van der Waals surface area contributed by atoms with Crippen molar-refractivity contribution in [2.24, 2.45) is 11.8 Å². The molecule has 0 spiro atoms. The highest BCUT2D eigenvalue weighted by molar-refractivity contribution is 5.84. The number of hydrogen-bond donors (Lipinski definition) is 1. The van der Waals surface area contributed by atoms with E-state index in [1.807, 2.05) is 0 Å². The van der Waals surface area contributed by atoms with Crippen LogP contribution in [0.5, 0.6) is 0 Å². The van der Waals surface area contributed by atoms with Gasteiger partial charge >= 0.3 is 5.97 Å². The minimum atomic E-state index is -0.728. The molecule has 7 heteroatoms. The number of ketones is 1. The van der Waals surface area contributed by atoms with Crippen LogP contribution in [0.25, 0.3) is 0 Å². The topological polar surface area (TPSA) is 91.3 Å². The molecule has 2 heterocycles. The Hall–Kier alpha value is -1.28. The minimum absolute atomic E-state index is 0.0464. The lowest BCUT2D eigenvalue weighted by Gasteiger charge is -2.33. The molecule has 7 nitrogen and oxygen atoms in total. The molecule has 1 unspecified atom stereocenters. The van der Waals surface area contributed by atoms with Crippen molar-refractivity contribution in [2.75, 3.05) is 19.8 Å². The van der Waals surface area contributed by atoms with Crippen LogP contribution in [0.4, 0.5) is 0 Å². The van der Waals surface area contributed by atoms with E-state index in [0.717, 1.165) is 83.7 Å². The number of carboxylic acid groups (broad SMARTS) is 1. The normalized spacial score (nSPS) is 27.4. The highest BCUT2D eigenvalue weighted by atomic mass is 16.7. The third kappa shape index (κ3) is 10.7. The summed E-state index contributed by atoms with van der Waals surface area (Å²) in [6, 6.07) is 0. The number of carbonyl (C=O) groups is 2. The van der Waals surface area contributed by atoms with Crippen LogP contribution in [0.3, 0.4) is 0 Å². The Bertz CT molecular complexity index is 709. The van der Waals surface area contributed by atoms with E-state index in [1.54, 1.807) is 0 Å². The number of hydrogen-bond acceptors (Lipinski definition) is 6. The Morgan fingerprint density at radius 3 is 2.53 bits per heavy atom. The Morgan fingerprint density at radius 1 is 1.00 bits per heavy atom. The lowest BCUT2D eigenvalue weighted by atomic mass is 9.85. The zero-order chi connectivity index (χ0) is 27.1. The highest BCUT2D eigenvalue weighted by Crippen LogP contribution is 2.42. The maximum absolute atomic E-state index is 13.2. The van der Waals surface area contributed by atoms with Crippen molar-refractivity contribution in [3.63, 3.8) is 0 Å². The zero-order valence-electron chi connectivity index (χ0n) is 23.7. The standard InChI is InChI=1S/C31H52O7/c1-2-3-4-9-13-19-31(36-22-23-37-31)20-18-26-25(15-10-7-5-6-8-11-16-29(33)34)27(32)24-28(26)38-30-17-12-14-21-35-30/h7,10,25-26,28,30H,2-6,8-9,11-24H2,1H3,(H,33,34)/b10-7-/t25-,26-,28-,30?/m1/s1. The minimum Gasteiger partial charge on any atom is -0.481 e. The molecule has 3 fully saturated rings. The number of rotatable bonds is 19. The van der Waals surface area contributed by atoms with Crippen molar-refractivity contribution >= 4 is 11.8 Å². The van der Waals surface area contributed by atoms with Gasteiger partial charge in [0.1, 0.15) is 5.78 Å². The van der Waals surface area contributed by atoms with Gasteiger partial charge in [0.05, 0.1) is 19.3 Å². The van der Waals surface area contributed by atoms with Crippen LogP contribution in [-0.4, -0.2) is 54.9 Å². The Balaban J connectivity index is 1.55. The van der Waals surface area contributed by atoms with Crippen LogP contribution in [0, 0.1) is 11.8 Å². The first-order chi connectivity index (χ1) is 18.5. The zero-order valence-corrected chi connectivity index (χ0v) is 23.7. The van der Waals surface area contributed by atoms with Gasteiger partial charge in [-0.2, -0.15) is 0 Å². The van der Waals surface area contributed by atoms with Crippen LogP contribution >= 0.6 is 0 Å². The average Bonchev–Trinajstić information content (AvgIpc) is 3.49. The van der Waals surface area contributed by atoms with Crippen LogP contribution in [0.1, 0.15) is 122 Å². The largest absolute Gasteiger partial charge is 0.481 e. The number of ether oxygens (including phenoxy) is 4. The maximum atomic E-state index is 13.2. The molecule has 218 valence electrons. The Kier molecular flexibility index (Phi) is 14.3. The van der Waals surface area contributed by atoms with E-state index in [4.69, 9.17) is 24.1 Å². The Labute approximate surface area is 230 Å². The molecule has 38 heavy (non-hydrogen) atoms. The molecule has 1 aliphatic carbocycles. The molecule has 2 saturated heterocycles. The summed E-state index contributed by atoms with van der Waals surface area (Å²) < 4.78 is 24.7. The number of carbonyl (C=O) groups excluding carboxylic acids is 1. The summed E-state index contributed by atoms with van der Waals surface area (Å²) in [5, 5.41) is 8.77. The predicted octanol–water partition coefficient (Wildman–Crippen LogP) is 6.97. The number of unbranched alkanes of at least 4 members (excludes halogenated alkanes) is 7. The van der Waals surface area contributed by atoms with Crippen molar-refractivity contribution in [1.82, 2.24) is 0 Å². The molecule has 0 aromatic heterocycles. The van der Waals surface area contributed by atoms with Crippen molar-refractivity contribution in [3.8, 4) is 0 Å². The summed E-state index contributed by atoms with van der Waals surface area (Å²) in [6.45, 7) is 4.26. The SMILES string of the molecule is CCCCCCCC1(CC[C@H]2[C@H](OC3CCCCO3)CC(=O)[C@@H]2C/C=C\CCCCCC(=O)O)OCCO1. The molecule has 1 N–H and O–H groups in total. The van der Waals surface area contributed by atoms with Gasteiger partial charge < -0.3 is 24.1 Å². The predicted molar refractivity (Wildman–Crippen MR) is 147 cm³/mol. The van der Waals surface area contributed by atoms with Gasteiger partial charge in [-0.3, -0.25) is 9.59 Å². The van der Waals surface area contributed by atoms with E-state index in [1.165, 1.54) is 25.7 Å². The van der Waals surface area contributed by atoms with E-state index < -0.39 is 11.8 Å². The van der Waals surface area contributed by atoms with E-state index >= 15 is 0 Å². The fraction of sp³-hybridized carbons (Fsp3) is 0.871. The maximum Gasteiger partial charge on any atom is 0.303 e. The van der Waals surface area contributed by atoms with Crippen molar-refractivity contribution in [3.05, 3.63) is 12.2 Å². The second kappa shape index (κ2) is 17.4. The van der Waals surface area contributed by atoms with Crippen molar-refractivity contribution in [2.45, 2.75) is 141 Å². The quantitative estimate of drug-likeness (QED) is 0.141. The monoisotopic (exact) mass is 536 g/mol. The Morgan fingerprint density at radius 2 is 1.79 bits per heavy atom. The molecule has 0 amide bonds. The first-order valence-corrected chi connectivity index (χ1v) is 15.5. The third-order valence-corrected chi connectivity index (χ3v) is 8.43. The van der Waals surface area contributed by atoms with Gasteiger partial charge in [-0.15, -0.1) is 0 Å². The molecule has 4 atom stereocenters. The lowest BCUT2D eigenvalue weighted by molar-refractivity contribution is -0.201. The molecule has 0 aromatic rings. The van der Waals surface area contributed by atoms with E-state index in [9.17, 15) is 9.59 Å². The van der Waals surface area contributed by atoms with Gasteiger partial charge in [0.2, 0.25) is 0 Å². The second-order valence-electron chi connectivity index (χ2n) is 11.4. The fourth-order valence-corrected chi connectivity index (χ4v) is 6.23. The first-order valence-electron chi connectivity index (χ1n) is 15.5. The molecule has 0 bridgehead atoms. The van der Waals surface area contributed by atoms with Gasteiger partial charge in [-0.25, -0.2) is 0 Å². The average molecular weight is 537 g/mol. The van der Waals surface area contributed by atoms with E-state index in [-0.39, 0.29) is 30.7 Å². The summed E-state index contributed by atoms with van der Waals surface area (Å²) in [7, 11) is 0. The molecular formula is C31H52O7. The van der Waals surface area contributed by atoms with Gasteiger partial charge in [-0.1, -0.05) is 51.2 Å². The molecule has 2 aliphatic heterocycles. The number of carboxylic acids is 1. The van der Waals surface area contributed by atoms with Gasteiger partial charge in [0.15, 0.2) is 12.1 Å². The molecule has 3 rings (SSSR count). The molecule has 1 saturated carbocycles. The van der Waals surface area contributed by atoms with Gasteiger partial charge in [0, 0.05) is 38.2 Å². The third-order valence-electron chi connectivity index (χ3n) is 8.43. The highest BCUT2D eigenvalue weighted by Gasteiger charge is 2.45. The molecule has 0 radical (unpaired) electrons.